The molecule has 0 bridgehead atoms. The van der Waals surface area contributed by atoms with Crippen molar-refractivity contribution in [3.8, 4) is 0 Å². The van der Waals surface area contributed by atoms with Crippen molar-refractivity contribution in [3.63, 3.8) is 0 Å². The van der Waals surface area contributed by atoms with Gasteiger partial charge >= 0.3 is 5.38 Å². The van der Waals surface area contributed by atoms with Gasteiger partial charge in [-0.3, -0.25) is 4.79 Å². The zero-order chi connectivity index (χ0) is 9.35. The van der Waals surface area contributed by atoms with E-state index in [0.29, 0.717) is 3.79 Å². The van der Waals surface area contributed by atoms with Gasteiger partial charge in [0.1, 0.15) is 0 Å². The average Bonchev–Trinajstić information content (AvgIpc) is 2.32. The van der Waals surface area contributed by atoms with E-state index in [1.165, 1.54) is 12.1 Å². The van der Waals surface area contributed by atoms with Crippen LogP contribution in [-0.4, -0.2) is 11.2 Å². The van der Waals surface area contributed by atoms with Crippen molar-refractivity contribution in [2.75, 3.05) is 0 Å². The van der Waals surface area contributed by atoms with Gasteiger partial charge in [-0.05, 0) is 39.7 Å². The third-order valence-electron chi connectivity index (χ3n) is 1.05. The second-order valence-electron chi connectivity index (χ2n) is 1.93. The van der Waals surface area contributed by atoms with Gasteiger partial charge in [-0.15, -0.1) is 11.3 Å². The zero-order valence-electron chi connectivity index (χ0n) is 5.48. The third kappa shape index (κ3) is 2.24. The van der Waals surface area contributed by atoms with Gasteiger partial charge in [0.15, 0.2) is 0 Å². The van der Waals surface area contributed by atoms with E-state index in [4.69, 9.17) is 0 Å². The first-order valence-electron chi connectivity index (χ1n) is 2.78. The maximum Gasteiger partial charge on any atom is 0.385 e. The van der Waals surface area contributed by atoms with Gasteiger partial charge in [0, 0.05) is 0 Å². The molecular formula is C6H2BrClF2OS. The molecule has 0 aliphatic heterocycles. The summed E-state index contributed by atoms with van der Waals surface area (Å²) < 4.78 is 25.1. The van der Waals surface area contributed by atoms with Crippen LogP contribution in [0.15, 0.2) is 15.9 Å². The fraction of sp³-hybridized carbons (Fsp3) is 0.167. The molecule has 0 amide bonds. The number of hydrogen-bond acceptors (Lipinski definition) is 2. The van der Waals surface area contributed by atoms with Crippen LogP contribution in [0.25, 0.3) is 0 Å². The smallest absolute Gasteiger partial charge is 0.285 e. The highest BCUT2D eigenvalue weighted by molar-refractivity contribution is 9.11. The Hall–Kier alpha value is -0.000000000000000167. The highest BCUT2D eigenvalue weighted by atomic mass is 79.9. The number of Topliss-reactive ketones (excluding diaryl/α,β-unsaturated/α-hetero) is 1. The van der Waals surface area contributed by atoms with Crippen LogP contribution in [-0.2, 0) is 0 Å². The third-order valence-corrected chi connectivity index (χ3v) is 2.85. The second-order valence-corrected chi connectivity index (χ2v) is 4.87. The molecule has 12 heavy (non-hydrogen) atoms. The molecule has 0 aliphatic carbocycles. The second kappa shape index (κ2) is 3.40. The monoisotopic (exact) mass is 274 g/mol. The lowest BCUT2D eigenvalue weighted by Crippen LogP contribution is -2.20. The predicted octanol–water partition coefficient (Wildman–Crippen LogP) is 3.52. The fourth-order valence-corrected chi connectivity index (χ4v) is 2.09. The molecule has 0 N–H and O–H groups in total. The molecular weight excluding hydrogens is 273 g/mol. The van der Waals surface area contributed by atoms with Crippen LogP contribution in [0.4, 0.5) is 8.78 Å². The Labute approximate surface area is 84.5 Å². The largest absolute Gasteiger partial charge is 0.385 e. The van der Waals surface area contributed by atoms with Gasteiger partial charge in [0.2, 0.25) is 0 Å². The number of rotatable bonds is 2. The summed E-state index contributed by atoms with van der Waals surface area (Å²) in [4.78, 5) is 10.7. The van der Waals surface area contributed by atoms with Crippen molar-refractivity contribution >= 4 is 44.7 Å². The SMILES string of the molecule is O=C(c1ccc(Br)s1)C(F)(F)Cl. The predicted molar refractivity (Wildman–Crippen MR) is 47.1 cm³/mol. The normalized spacial score (nSPS) is 11.7. The Morgan fingerprint density at radius 2 is 2.17 bits per heavy atom. The first kappa shape index (κ1) is 10.1. The Morgan fingerprint density at radius 3 is 2.50 bits per heavy atom. The van der Waals surface area contributed by atoms with E-state index < -0.39 is 11.2 Å². The summed E-state index contributed by atoms with van der Waals surface area (Å²) in [6, 6.07) is 2.81. The maximum atomic E-state index is 12.2. The molecule has 1 aromatic rings. The number of carbonyl (C=O) groups excluding carboxylic acids is 1. The first-order valence-corrected chi connectivity index (χ1v) is 4.77. The molecule has 0 spiro atoms. The Kier molecular flexibility index (Phi) is 2.85. The minimum absolute atomic E-state index is 0.0538. The summed E-state index contributed by atoms with van der Waals surface area (Å²) >= 11 is 8.51. The molecule has 1 heterocycles. The number of carbonyl (C=O) groups is 1. The maximum absolute atomic E-state index is 12.2. The van der Waals surface area contributed by atoms with Crippen LogP contribution in [0.5, 0.6) is 0 Å². The standard InChI is InChI=1S/C6H2BrClF2OS/c7-4-2-1-3(12-4)5(11)6(8,9)10/h1-2H. The lowest BCUT2D eigenvalue weighted by atomic mass is 10.3. The van der Waals surface area contributed by atoms with Crippen molar-refractivity contribution in [2.24, 2.45) is 0 Å². The lowest BCUT2D eigenvalue weighted by Gasteiger charge is -2.02. The molecule has 0 saturated heterocycles. The van der Waals surface area contributed by atoms with Crippen LogP contribution in [0.3, 0.4) is 0 Å². The van der Waals surface area contributed by atoms with Crippen molar-refractivity contribution in [1.82, 2.24) is 0 Å². The molecule has 66 valence electrons. The van der Waals surface area contributed by atoms with Crippen LogP contribution in [0, 0.1) is 0 Å². The fourth-order valence-electron chi connectivity index (χ4n) is 0.576. The van der Waals surface area contributed by atoms with Gasteiger partial charge in [-0.1, -0.05) is 0 Å². The topological polar surface area (TPSA) is 17.1 Å². The van der Waals surface area contributed by atoms with E-state index in [1.54, 1.807) is 0 Å². The summed E-state index contributed by atoms with van der Waals surface area (Å²) in [6.07, 6.45) is 0. The van der Waals surface area contributed by atoms with Gasteiger partial charge in [0.25, 0.3) is 5.78 Å². The molecule has 6 heteroatoms. The highest BCUT2D eigenvalue weighted by Crippen LogP contribution is 2.30. The number of ketones is 1. The molecule has 0 atom stereocenters. The molecule has 0 radical (unpaired) electrons. The van der Waals surface area contributed by atoms with Crippen LogP contribution in [0.2, 0.25) is 0 Å². The number of alkyl halides is 3. The molecule has 0 unspecified atom stereocenters. The molecule has 0 aliphatic rings. The van der Waals surface area contributed by atoms with E-state index in [1.807, 2.05) is 0 Å². The zero-order valence-corrected chi connectivity index (χ0v) is 8.64. The van der Waals surface area contributed by atoms with Gasteiger partial charge in [-0.2, -0.15) is 8.78 Å². The van der Waals surface area contributed by atoms with Crippen molar-refractivity contribution < 1.29 is 13.6 Å². The first-order chi connectivity index (χ1) is 5.41. The van der Waals surface area contributed by atoms with Gasteiger partial charge in [-0.25, -0.2) is 0 Å². The number of halogens is 4. The molecule has 0 aromatic carbocycles. The summed E-state index contributed by atoms with van der Waals surface area (Å²) in [6.45, 7) is 0. The molecule has 1 aromatic heterocycles. The average molecular weight is 276 g/mol. The van der Waals surface area contributed by atoms with Gasteiger partial charge < -0.3 is 0 Å². The van der Waals surface area contributed by atoms with E-state index in [-0.39, 0.29) is 4.88 Å². The van der Waals surface area contributed by atoms with E-state index in [2.05, 4.69) is 27.5 Å². The minimum atomic E-state index is -3.80. The van der Waals surface area contributed by atoms with E-state index in [9.17, 15) is 13.6 Å². The molecule has 1 rings (SSSR count). The van der Waals surface area contributed by atoms with Gasteiger partial charge in [0.05, 0.1) is 8.66 Å². The number of hydrogen-bond donors (Lipinski definition) is 0. The van der Waals surface area contributed by atoms with Crippen LogP contribution >= 0.6 is 38.9 Å². The minimum Gasteiger partial charge on any atom is -0.285 e. The van der Waals surface area contributed by atoms with E-state index in [0.717, 1.165) is 11.3 Å². The Morgan fingerprint density at radius 1 is 1.58 bits per heavy atom. The number of thiophene rings is 1. The van der Waals surface area contributed by atoms with Crippen molar-refractivity contribution in [1.29, 1.82) is 0 Å². The summed E-state index contributed by atoms with van der Waals surface area (Å²) in [5.74, 6) is -1.36. The quantitative estimate of drug-likeness (QED) is 0.596. The summed E-state index contributed by atoms with van der Waals surface area (Å²) in [7, 11) is 0. The van der Waals surface area contributed by atoms with Crippen molar-refractivity contribution in [3.05, 3.63) is 20.8 Å². The molecule has 0 fully saturated rings. The Bertz CT molecular complexity index is 307. The van der Waals surface area contributed by atoms with Crippen molar-refractivity contribution in [2.45, 2.75) is 5.38 Å². The molecule has 1 nitrogen and oxygen atoms in total. The lowest BCUT2D eigenvalue weighted by molar-refractivity contribution is 0.0541. The van der Waals surface area contributed by atoms with Crippen LogP contribution in [0.1, 0.15) is 9.67 Å². The Balaban J connectivity index is 2.93. The highest BCUT2D eigenvalue weighted by Gasteiger charge is 2.37. The molecule has 0 saturated carbocycles. The summed E-state index contributed by atoms with van der Waals surface area (Å²) in [5.41, 5.74) is 0. The summed E-state index contributed by atoms with van der Waals surface area (Å²) in [5, 5.41) is -3.80. The van der Waals surface area contributed by atoms with E-state index >= 15 is 0 Å². The van der Waals surface area contributed by atoms with Crippen LogP contribution < -0.4 is 0 Å².